The molecule has 0 aromatic carbocycles. The van der Waals surface area contributed by atoms with Crippen LogP contribution in [0.1, 0.15) is 10.5 Å². The molecule has 0 spiro atoms. The number of aromatic amines is 1. The van der Waals surface area contributed by atoms with Crippen LogP contribution in [0.2, 0.25) is 5.02 Å². The Morgan fingerprint density at radius 1 is 1.56 bits per heavy atom. The average Bonchev–Trinajstić information content (AvgIpc) is 2.72. The third-order valence-corrected chi connectivity index (χ3v) is 2.36. The molecule has 0 saturated heterocycles. The maximum Gasteiger partial charge on any atom is 0.362 e. The van der Waals surface area contributed by atoms with Gasteiger partial charge in [0, 0.05) is 6.20 Å². The van der Waals surface area contributed by atoms with E-state index in [9.17, 15) is 14.9 Å². The van der Waals surface area contributed by atoms with Crippen LogP contribution in [0.4, 0.5) is 11.5 Å². The van der Waals surface area contributed by atoms with Gasteiger partial charge in [-0.05, 0) is 17.1 Å². The van der Waals surface area contributed by atoms with Gasteiger partial charge in [0.05, 0.1) is 11.9 Å². The van der Waals surface area contributed by atoms with E-state index in [0.717, 1.165) is 0 Å². The number of rotatable bonds is 3. The Hall–Kier alpha value is -2.48. The van der Waals surface area contributed by atoms with E-state index in [4.69, 9.17) is 11.6 Å². The van der Waals surface area contributed by atoms with Gasteiger partial charge in [0.2, 0.25) is 0 Å². The largest absolute Gasteiger partial charge is 0.362 e. The van der Waals surface area contributed by atoms with Crippen molar-refractivity contribution >= 4 is 29.0 Å². The van der Waals surface area contributed by atoms with Crippen molar-refractivity contribution in [2.24, 2.45) is 0 Å². The van der Waals surface area contributed by atoms with Gasteiger partial charge < -0.3 is 15.4 Å². The summed E-state index contributed by atoms with van der Waals surface area (Å²) in [6.45, 7) is 0. The molecule has 2 aromatic heterocycles. The number of nitrogens with zero attached hydrogens (tertiary/aromatic N) is 3. The fraction of sp³-hybridized carbons (Fsp3) is 0. The lowest BCUT2D eigenvalue weighted by Gasteiger charge is -2.00. The van der Waals surface area contributed by atoms with Gasteiger partial charge in [-0.2, -0.15) is 0 Å². The highest BCUT2D eigenvalue weighted by Gasteiger charge is 2.25. The summed E-state index contributed by atoms with van der Waals surface area (Å²) < 4.78 is 0. The maximum atomic E-state index is 11.7. The summed E-state index contributed by atoms with van der Waals surface area (Å²) in [6, 6.07) is 3.24. The summed E-state index contributed by atoms with van der Waals surface area (Å²) in [5, 5.41) is 18.2. The zero-order valence-corrected chi connectivity index (χ0v) is 9.51. The predicted molar refractivity (Wildman–Crippen MR) is 62.4 cm³/mol. The highest BCUT2D eigenvalue weighted by Crippen LogP contribution is 2.25. The molecule has 2 rings (SSSR count). The number of hydrogen-bond acceptors (Lipinski definition) is 5. The van der Waals surface area contributed by atoms with Gasteiger partial charge in [-0.15, -0.1) is 5.10 Å². The number of halogens is 1. The van der Waals surface area contributed by atoms with Crippen LogP contribution < -0.4 is 5.32 Å². The van der Waals surface area contributed by atoms with Gasteiger partial charge in [-0.3, -0.25) is 9.78 Å². The molecule has 2 aromatic rings. The normalized spacial score (nSPS) is 10.1. The van der Waals surface area contributed by atoms with E-state index in [-0.39, 0.29) is 10.7 Å². The minimum Gasteiger partial charge on any atom is -0.358 e. The third-order valence-electron chi connectivity index (χ3n) is 2.01. The molecule has 18 heavy (non-hydrogen) atoms. The van der Waals surface area contributed by atoms with Crippen LogP contribution in [0.15, 0.2) is 24.5 Å². The molecule has 2 N–H and O–H groups in total. The first kappa shape index (κ1) is 12.0. The van der Waals surface area contributed by atoms with Crippen LogP contribution in [-0.2, 0) is 0 Å². The molecular formula is C9H6ClN5O3. The van der Waals surface area contributed by atoms with Crippen molar-refractivity contribution in [1.82, 2.24) is 15.2 Å². The summed E-state index contributed by atoms with van der Waals surface area (Å²) in [6.07, 6.45) is 2.97. The Labute approximate surface area is 105 Å². The Morgan fingerprint density at radius 3 is 2.89 bits per heavy atom. The number of aromatic nitrogens is 3. The Balaban J connectivity index is 2.22. The lowest BCUT2D eigenvalue weighted by molar-refractivity contribution is -0.389. The van der Waals surface area contributed by atoms with Gasteiger partial charge in [-0.25, -0.2) is 0 Å². The molecule has 92 valence electrons. The second-order valence-corrected chi connectivity index (χ2v) is 3.57. The summed E-state index contributed by atoms with van der Waals surface area (Å²) in [5.74, 6) is -1.18. The number of carbonyl (C=O) groups excluding carboxylic acids is 1. The van der Waals surface area contributed by atoms with E-state index in [1.807, 2.05) is 0 Å². The number of nitrogens with one attached hydrogen (secondary N) is 2. The fourth-order valence-electron chi connectivity index (χ4n) is 1.22. The summed E-state index contributed by atoms with van der Waals surface area (Å²) in [7, 11) is 0. The molecule has 0 aliphatic heterocycles. The molecule has 2 heterocycles. The minimum atomic E-state index is -0.754. The monoisotopic (exact) mass is 267 g/mol. The Bertz CT molecular complexity index is 598. The average molecular weight is 268 g/mol. The molecule has 1 amide bonds. The first-order valence-electron chi connectivity index (χ1n) is 4.69. The summed E-state index contributed by atoms with van der Waals surface area (Å²) >= 11 is 5.67. The quantitative estimate of drug-likeness (QED) is 0.648. The Morgan fingerprint density at radius 2 is 2.33 bits per heavy atom. The molecule has 9 heteroatoms. The third kappa shape index (κ3) is 2.28. The second-order valence-electron chi connectivity index (χ2n) is 3.19. The van der Waals surface area contributed by atoms with Crippen molar-refractivity contribution in [3.05, 3.63) is 45.4 Å². The lowest BCUT2D eigenvalue weighted by atomic mass is 10.3. The van der Waals surface area contributed by atoms with Gasteiger partial charge in [0.25, 0.3) is 5.91 Å². The van der Waals surface area contributed by atoms with E-state index in [2.05, 4.69) is 20.5 Å². The molecule has 0 bridgehead atoms. The SMILES string of the molecule is O=C(Nc1cccnc1)c1n[nH]c([N+](=O)[O-])c1Cl. The highest BCUT2D eigenvalue weighted by molar-refractivity contribution is 6.35. The zero-order chi connectivity index (χ0) is 13.1. The van der Waals surface area contributed by atoms with Crippen LogP contribution in [0.5, 0.6) is 0 Å². The minimum absolute atomic E-state index is 0.243. The van der Waals surface area contributed by atoms with Crippen molar-refractivity contribution in [2.45, 2.75) is 0 Å². The van der Waals surface area contributed by atoms with Gasteiger partial charge in [0.1, 0.15) is 0 Å². The molecule has 0 fully saturated rings. The van der Waals surface area contributed by atoms with Crippen LogP contribution in [0.3, 0.4) is 0 Å². The van der Waals surface area contributed by atoms with E-state index in [1.54, 1.807) is 18.3 Å². The molecule has 8 nitrogen and oxygen atoms in total. The zero-order valence-electron chi connectivity index (χ0n) is 8.75. The van der Waals surface area contributed by atoms with Crippen LogP contribution in [0.25, 0.3) is 0 Å². The van der Waals surface area contributed by atoms with Gasteiger partial charge in [-0.1, -0.05) is 16.7 Å². The molecule has 0 aliphatic rings. The first-order valence-corrected chi connectivity index (χ1v) is 5.07. The number of H-pyrrole nitrogens is 1. The van der Waals surface area contributed by atoms with Gasteiger partial charge >= 0.3 is 5.82 Å². The van der Waals surface area contributed by atoms with Crippen molar-refractivity contribution in [1.29, 1.82) is 0 Å². The number of hydrogen-bond donors (Lipinski definition) is 2. The highest BCUT2D eigenvalue weighted by atomic mass is 35.5. The van der Waals surface area contributed by atoms with E-state index >= 15 is 0 Å². The van der Waals surface area contributed by atoms with E-state index in [0.29, 0.717) is 5.69 Å². The topological polar surface area (TPSA) is 114 Å². The molecule has 0 radical (unpaired) electrons. The van der Waals surface area contributed by atoms with Crippen molar-refractivity contribution in [3.8, 4) is 0 Å². The second kappa shape index (κ2) is 4.80. The van der Waals surface area contributed by atoms with Crippen LogP contribution in [0, 0.1) is 10.1 Å². The van der Waals surface area contributed by atoms with E-state index in [1.165, 1.54) is 6.20 Å². The van der Waals surface area contributed by atoms with Crippen LogP contribution in [-0.4, -0.2) is 26.0 Å². The first-order chi connectivity index (χ1) is 8.59. The van der Waals surface area contributed by atoms with Crippen molar-refractivity contribution in [2.75, 3.05) is 5.32 Å². The standard InChI is InChI=1S/C9H6ClN5O3/c10-6-7(13-14-8(6)15(17)18)9(16)12-5-2-1-3-11-4-5/h1-4H,(H,12,16)(H,13,14). The smallest absolute Gasteiger partial charge is 0.358 e. The Kier molecular flexibility index (Phi) is 3.20. The van der Waals surface area contributed by atoms with Crippen molar-refractivity contribution < 1.29 is 9.72 Å². The molecule has 0 aliphatic carbocycles. The maximum absolute atomic E-state index is 11.7. The van der Waals surface area contributed by atoms with Gasteiger partial charge in [0.15, 0.2) is 10.7 Å². The number of pyridine rings is 1. The number of carbonyl (C=O) groups is 1. The summed E-state index contributed by atoms with van der Waals surface area (Å²) in [5.41, 5.74) is 0.191. The number of nitro groups is 1. The predicted octanol–water partition coefficient (Wildman–Crippen LogP) is 1.62. The molecule has 0 unspecified atom stereocenters. The van der Waals surface area contributed by atoms with Crippen LogP contribution >= 0.6 is 11.6 Å². The molecular weight excluding hydrogens is 262 g/mol. The van der Waals surface area contributed by atoms with Crippen molar-refractivity contribution in [3.63, 3.8) is 0 Å². The lowest BCUT2D eigenvalue weighted by Crippen LogP contribution is -2.13. The fourth-order valence-corrected chi connectivity index (χ4v) is 1.46. The molecule has 0 atom stereocenters. The number of anilines is 1. The summed E-state index contributed by atoms with van der Waals surface area (Å²) in [4.78, 5) is 25.3. The van der Waals surface area contributed by atoms with E-state index < -0.39 is 16.6 Å². The molecule has 0 saturated carbocycles. The number of amides is 1.